The minimum absolute atomic E-state index is 0.0771. The largest absolute Gasteiger partial charge is 0.350 e. The van der Waals surface area contributed by atoms with Crippen LogP contribution >= 0.6 is 0 Å². The molecule has 0 spiro atoms. The molecule has 2 aromatic carbocycles. The van der Waals surface area contributed by atoms with E-state index in [0.29, 0.717) is 6.54 Å². The van der Waals surface area contributed by atoms with Crippen molar-refractivity contribution >= 4 is 16.8 Å². The number of carbonyl (C=O) groups excluding carboxylic acids is 1. The Labute approximate surface area is 157 Å². The minimum atomic E-state index is -0.427. The minimum Gasteiger partial charge on any atom is -0.350 e. The molecule has 4 aromatic rings. The molecule has 0 aliphatic heterocycles. The van der Waals surface area contributed by atoms with E-state index in [-0.39, 0.29) is 5.91 Å². The van der Waals surface area contributed by atoms with Crippen LogP contribution in [0, 0.1) is 0 Å². The fourth-order valence-corrected chi connectivity index (χ4v) is 3.14. The van der Waals surface area contributed by atoms with Gasteiger partial charge in [-0.15, -0.1) is 0 Å². The maximum Gasteiger partial charge on any atom is 0.244 e. The van der Waals surface area contributed by atoms with Gasteiger partial charge >= 0.3 is 0 Å². The summed E-state index contributed by atoms with van der Waals surface area (Å²) in [5, 5.41) is 8.79. The number of rotatable bonds is 5. The molecule has 5 heteroatoms. The third-order valence-corrected chi connectivity index (χ3v) is 4.60. The molecule has 1 amide bonds. The summed E-state index contributed by atoms with van der Waals surface area (Å²) >= 11 is 0. The number of hydrogen-bond acceptors (Lipinski definition) is 3. The monoisotopic (exact) mass is 356 g/mol. The molecular weight excluding hydrogens is 336 g/mol. The van der Waals surface area contributed by atoms with Gasteiger partial charge in [-0.2, -0.15) is 5.10 Å². The molecule has 0 fully saturated rings. The van der Waals surface area contributed by atoms with Crippen molar-refractivity contribution in [1.82, 2.24) is 20.1 Å². The lowest BCUT2D eigenvalue weighted by atomic mass is 10.1. The van der Waals surface area contributed by atoms with Crippen LogP contribution in [0.25, 0.3) is 22.2 Å². The Morgan fingerprint density at radius 3 is 2.59 bits per heavy atom. The van der Waals surface area contributed by atoms with Gasteiger partial charge in [-0.3, -0.25) is 14.5 Å². The van der Waals surface area contributed by atoms with E-state index in [1.54, 1.807) is 17.1 Å². The van der Waals surface area contributed by atoms with E-state index in [1.807, 2.05) is 73.7 Å². The van der Waals surface area contributed by atoms with Crippen molar-refractivity contribution in [3.05, 3.63) is 84.7 Å². The number of para-hydroxylation sites is 1. The van der Waals surface area contributed by atoms with Gasteiger partial charge in [-0.25, -0.2) is 0 Å². The highest BCUT2D eigenvalue weighted by molar-refractivity contribution is 5.94. The molecule has 0 unspecified atom stereocenters. The topological polar surface area (TPSA) is 59.8 Å². The molecule has 1 N–H and O–H groups in total. The first kappa shape index (κ1) is 17.0. The third kappa shape index (κ3) is 3.44. The molecule has 0 bridgehead atoms. The van der Waals surface area contributed by atoms with Crippen LogP contribution in [0.15, 0.2) is 79.1 Å². The molecule has 0 radical (unpaired) electrons. The number of benzene rings is 2. The zero-order valence-corrected chi connectivity index (χ0v) is 15.0. The summed E-state index contributed by atoms with van der Waals surface area (Å²) < 4.78 is 1.80. The molecule has 2 aromatic heterocycles. The predicted octanol–water partition coefficient (Wildman–Crippen LogP) is 3.98. The van der Waals surface area contributed by atoms with Crippen molar-refractivity contribution in [3.8, 4) is 11.3 Å². The van der Waals surface area contributed by atoms with Crippen LogP contribution in [0.3, 0.4) is 0 Å². The van der Waals surface area contributed by atoms with Crippen LogP contribution in [0.5, 0.6) is 0 Å². The van der Waals surface area contributed by atoms with E-state index in [9.17, 15) is 4.79 Å². The summed E-state index contributed by atoms with van der Waals surface area (Å²) in [7, 11) is 0. The van der Waals surface area contributed by atoms with Gasteiger partial charge < -0.3 is 5.32 Å². The molecule has 0 saturated carbocycles. The molecule has 4 rings (SSSR count). The van der Waals surface area contributed by atoms with Crippen LogP contribution in [0.1, 0.15) is 18.5 Å². The van der Waals surface area contributed by atoms with Crippen LogP contribution in [-0.2, 0) is 11.3 Å². The molecule has 27 heavy (non-hydrogen) atoms. The summed E-state index contributed by atoms with van der Waals surface area (Å²) in [5.41, 5.74) is 3.84. The quantitative estimate of drug-likeness (QED) is 0.588. The number of fused-ring (bicyclic) bond motifs is 1. The van der Waals surface area contributed by atoms with Crippen molar-refractivity contribution in [1.29, 1.82) is 0 Å². The lowest BCUT2D eigenvalue weighted by molar-refractivity contribution is -0.124. The van der Waals surface area contributed by atoms with Gasteiger partial charge in [0, 0.05) is 29.9 Å². The SMILES string of the molecule is C[C@H](C(=O)NCc1cccnc1)n1nc(-c2ccccc2)c2ccccc21. The van der Waals surface area contributed by atoms with Crippen molar-refractivity contribution in [2.24, 2.45) is 0 Å². The van der Waals surface area contributed by atoms with Gasteiger partial charge in [0.1, 0.15) is 11.7 Å². The van der Waals surface area contributed by atoms with E-state index in [1.165, 1.54) is 0 Å². The van der Waals surface area contributed by atoms with Crippen LogP contribution in [0.2, 0.25) is 0 Å². The van der Waals surface area contributed by atoms with Crippen LogP contribution in [-0.4, -0.2) is 20.7 Å². The van der Waals surface area contributed by atoms with Gasteiger partial charge in [0.05, 0.1) is 5.52 Å². The lowest BCUT2D eigenvalue weighted by Crippen LogP contribution is -2.31. The second-order valence-electron chi connectivity index (χ2n) is 6.43. The Hall–Kier alpha value is -3.47. The van der Waals surface area contributed by atoms with Gasteiger partial charge in [-0.1, -0.05) is 54.6 Å². The number of nitrogens with one attached hydrogen (secondary N) is 1. The first-order valence-electron chi connectivity index (χ1n) is 8.93. The fourth-order valence-electron chi connectivity index (χ4n) is 3.14. The first-order valence-corrected chi connectivity index (χ1v) is 8.93. The smallest absolute Gasteiger partial charge is 0.244 e. The Kier molecular flexibility index (Phi) is 4.66. The van der Waals surface area contributed by atoms with E-state index < -0.39 is 6.04 Å². The summed E-state index contributed by atoms with van der Waals surface area (Å²) in [5.74, 6) is -0.0771. The van der Waals surface area contributed by atoms with Gasteiger partial charge in [0.25, 0.3) is 0 Å². The molecule has 0 aliphatic rings. The predicted molar refractivity (Wildman–Crippen MR) is 106 cm³/mol. The maximum atomic E-state index is 12.7. The number of aromatic nitrogens is 3. The van der Waals surface area contributed by atoms with Crippen molar-refractivity contribution in [2.75, 3.05) is 0 Å². The second kappa shape index (κ2) is 7.41. The zero-order chi connectivity index (χ0) is 18.6. The standard InChI is InChI=1S/C22H20N4O/c1-16(22(27)24-15-17-8-7-13-23-14-17)26-20-12-6-5-11-19(20)21(25-26)18-9-3-2-4-10-18/h2-14,16H,15H2,1H3,(H,24,27)/t16-/m1/s1. The first-order chi connectivity index (χ1) is 13.2. The van der Waals surface area contributed by atoms with Crippen molar-refractivity contribution < 1.29 is 4.79 Å². The Balaban J connectivity index is 1.64. The Morgan fingerprint density at radius 2 is 1.81 bits per heavy atom. The lowest BCUT2D eigenvalue weighted by Gasteiger charge is -2.14. The number of nitrogens with zero attached hydrogens (tertiary/aromatic N) is 3. The molecule has 1 atom stereocenters. The Bertz CT molecular complexity index is 1060. The molecule has 0 saturated heterocycles. The highest BCUT2D eigenvalue weighted by Crippen LogP contribution is 2.29. The van der Waals surface area contributed by atoms with Crippen molar-refractivity contribution in [3.63, 3.8) is 0 Å². The maximum absolute atomic E-state index is 12.7. The normalized spacial score (nSPS) is 12.0. The highest BCUT2D eigenvalue weighted by Gasteiger charge is 2.20. The van der Waals surface area contributed by atoms with E-state index in [4.69, 9.17) is 5.10 Å². The van der Waals surface area contributed by atoms with Crippen molar-refractivity contribution in [2.45, 2.75) is 19.5 Å². The molecule has 134 valence electrons. The summed E-state index contributed by atoms with van der Waals surface area (Å²) in [6.45, 7) is 2.31. The van der Waals surface area contributed by atoms with Gasteiger partial charge in [0.2, 0.25) is 5.91 Å². The van der Waals surface area contributed by atoms with Gasteiger partial charge in [-0.05, 0) is 24.6 Å². The summed E-state index contributed by atoms with van der Waals surface area (Å²) in [6, 6.07) is 21.4. The second-order valence-corrected chi connectivity index (χ2v) is 6.43. The average molecular weight is 356 g/mol. The molecule has 5 nitrogen and oxygen atoms in total. The third-order valence-electron chi connectivity index (χ3n) is 4.60. The van der Waals surface area contributed by atoms with E-state index >= 15 is 0 Å². The zero-order valence-electron chi connectivity index (χ0n) is 15.0. The highest BCUT2D eigenvalue weighted by atomic mass is 16.2. The van der Waals surface area contributed by atoms with E-state index in [0.717, 1.165) is 27.7 Å². The summed E-state index contributed by atoms with van der Waals surface area (Å²) in [4.78, 5) is 16.8. The molecular formula is C22H20N4O. The number of carbonyl (C=O) groups is 1. The molecule has 0 aliphatic carbocycles. The average Bonchev–Trinajstić information content (AvgIpc) is 3.12. The fraction of sp³-hybridized carbons (Fsp3) is 0.136. The number of hydrogen-bond donors (Lipinski definition) is 1. The Morgan fingerprint density at radius 1 is 1.04 bits per heavy atom. The summed E-state index contributed by atoms with van der Waals surface area (Å²) in [6.07, 6.45) is 3.47. The number of pyridine rings is 1. The molecule has 2 heterocycles. The van der Waals surface area contributed by atoms with Gasteiger partial charge in [0.15, 0.2) is 0 Å². The van der Waals surface area contributed by atoms with E-state index in [2.05, 4.69) is 10.3 Å². The van der Waals surface area contributed by atoms with Crippen LogP contribution < -0.4 is 5.32 Å². The number of amides is 1. The van der Waals surface area contributed by atoms with Crippen LogP contribution in [0.4, 0.5) is 0 Å².